The standard InChI is InChI=1S/C20H30N4O2/c1-20(10-6-12-26-20)15-23-19(21-2)22-11-5-9-18(25)24-13-16-7-3-4-8-17(16)14-24/h3-4,7-8H,5-6,9-15H2,1-2H3,(H2,21,22,23). The van der Waals surface area contributed by atoms with E-state index >= 15 is 0 Å². The summed E-state index contributed by atoms with van der Waals surface area (Å²) in [5.74, 6) is 0.987. The predicted molar refractivity (Wildman–Crippen MR) is 103 cm³/mol. The van der Waals surface area contributed by atoms with Crippen LogP contribution in [0.2, 0.25) is 0 Å². The third kappa shape index (κ3) is 4.75. The number of ether oxygens (including phenoxy) is 1. The van der Waals surface area contributed by atoms with Gasteiger partial charge < -0.3 is 20.3 Å². The average Bonchev–Trinajstić information content (AvgIpc) is 3.27. The zero-order valence-corrected chi connectivity index (χ0v) is 15.9. The second kappa shape index (κ2) is 8.54. The summed E-state index contributed by atoms with van der Waals surface area (Å²) >= 11 is 0. The second-order valence-electron chi connectivity index (χ2n) is 7.38. The Bertz CT molecular complexity index is 628. The van der Waals surface area contributed by atoms with Crippen molar-refractivity contribution >= 4 is 11.9 Å². The number of fused-ring (bicyclic) bond motifs is 1. The maximum absolute atomic E-state index is 12.4. The minimum Gasteiger partial charge on any atom is -0.373 e. The summed E-state index contributed by atoms with van der Waals surface area (Å²) in [7, 11) is 1.76. The molecule has 2 N–H and O–H groups in total. The van der Waals surface area contributed by atoms with E-state index in [1.54, 1.807) is 7.05 Å². The first-order chi connectivity index (χ1) is 12.6. The van der Waals surface area contributed by atoms with E-state index in [4.69, 9.17) is 4.74 Å². The summed E-state index contributed by atoms with van der Waals surface area (Å²) in [6, 6.07) is 8.28. The van der Waals surface area contributed by atoms with E-state index in [-0.39, 0.29) is 11.5 Å². The highest BCUT2D eigenvalue weighted by atomic mass is 16.5. The topological polar surface area (TPSA) is 66.0 Å². The Morgan fingerprint density at radius 2 is 2.00 bits per heavy atom. The number of benzene rings is 1. The number of nitrogens with one attached hydrogen (secondary N) is 2. The highest BCUT2D eigenvalue weighted by Gasteiger charge is 2.29. The zero-order chi connectivity index (χ0) is 18.4. The average molecular weight is 358 g/mol. The molecule has 0 spiro atoms. The fourth-order valence-corrected chi connectivity index (χ4v) is 3.58. The lowest BCUT2D eigenvalue weighted by Gasteiger charge is -2.24. The SMILES string of the molecule is CN=C(NCCCC(=O)N1Cc2ccccc2C1)NCC1(C)CCCO1. The maximum atomic E-state index is 12.4. The summed E-state index contributed by atoms with van der Waals surface area (Å²) in [6.07, 6.45) is 3.54. The van der Waals surface area contributed by atoms with E-state index in [9.17, 15) is 4.79 Å². The molecule has 2 aliphatic rings. The van der Waals surface area contributed by atoms with E-state index in [1.165, 1.54) is 11.1 Å². The first-order valence-corrected chi connectivity index (χ1v) is 9.53. The zero-order valence-electron chi connectivity index (χ0n) is 15.9. The fraction of sp³-hybridized carbons (Fsp3) is 0.600. The molecule has 3 rings (SSSR count). The van der Waals surface area contributed by atoms with Gasteiger partial charge in [0.05, 0.1) is 5.60 Å². The van der Waals surface area contributed by atoms with Crippen molar-refractivity contribution in [1.82, 2.24) is 15.5 Å². The fourth-order valence-electron chi connectivity index (χ4n) is 3.58. The molecule has 2 heterocycles. The molecule has 1 aromatic carbocycles. The first kappa shape index (κ1) is 18.7. The molecule has 26 heavy (non-hydrogen) atoms. The number of rotatable bonds is 6. The smallest absolute Gasteiger partial charge is 0.223 e. The summed E-state index contributed by atoms with van der Waals surface area (Å²) in [4.78, 5) is 18.6. The summed E-state index contributed by atoms with van der Waals surface area (Å²) < 4.78 is 5.78. The minimum atomic E-state index is -0.0989. The van der Waals surface area contributed by atoms with Gasteiger partial charge in [-0.3, -0.25) is 9.79 Å². The highest BCUT2D eigenvalue weighted by Crippen LogP contribution is 2.24. The van der Waals surface area contributed by atoms with Gasteiger partial charge in [0.2, 0.25) is 5.91 Å². The Morgan fingerprint density at radius 1 is 1.27 bits per heavy atom. The van der Waals surface area contributed by atoms with Gasteiger partial charge in [0, 0.05) is 46.3 Å². The molecule has 0 aromatic heterocycles. The van der Waals surface area contributed by atoms with Gasteiger partial charge in [0.15, 0.2) is 5.96 Å². The van der Waals surface area contributed by atoms with Gasteiger partial charge in [-0.25, -0.2) is 0 Å². The molecule has 0 saturated carbocycles. The lowest BCUT2D eigenvalue weighted by molar-refractivity contribution is -0.131. The van der Waals surface area contributed by atoms with Crippen LogP contribution in [0.1, 0.15) is 43.7 Å². The van der Waals surface area contributed by atoms with Crippen molar-refractivity contribution in [2.24, 2.45) is 4.99 Å². The normalized spacial score (nSPS) is 22.4. The molecule has 1 aromatic rings. The van der Waals surface area contributed by atoms with Crippen LogP contribution in [0.15, 0.2) is 29.3 Å². The number of carbonyl (C=O) groups is 1. The molecule has 0 bridgehead atoms. The molecule has 1 unspecified atom stereocenters. The van der Waals surface area contributed by atoms with Crippen LogP contribution in [0.25, 0.3) is 0 Å². The molecule has 1 atom stereocenters. The molecule has 6 nitrogen and oxygen atoms in total. The van der Waals surface area contributed by atoms with Crippen LogP contribution in [0.4, 0.5) is 0 Å². The van der Waals surface area contributed by atoms with Crippen LogP contribution in [-0.2, 0) is 22.6 Å². The molecular formula is C20H30N4O2. The first-order valence-electron chi connectivity index (χ1n) is 9.53. The van der Waals surface area contributed by atoms with Crippen molar-refractivity contribution < 1.29 is 9.53 Å². The number of hydrogen-bond donors (Lipinski definition) is 2. The van der Waals surface area contributed by atoms with Crippen molar-refractivity contribution in [3.8, 4) is 0 Å². The Morgan fingerprint density at radius 3 is 2.62 bits per heavy atom. The lowest BCUT2D eigenvalue weighted by Crippen LogP contribution is -2.45. The van der Waals surface area contributed by atoms with Crippen molar-refractivity contribution in [3.05, 3.63) is 35.4 Å². The number of aliphatic imine (C=N–C) groups is 1. The van der Waals surface area contributed by atoms with E-state index in [0.29, 0.717) is 6.42 Å². The van der Waals surface area contributed by atoms with Gasteiger partial charge >= 0.3 is 0 Å². The third-order valence-corrected chi connectivity index (χ3v) is 5.21. The number of guanidine groups is 1. The van der Waals surface area contributed by atoms with E-state index < -0.39 is 0 Å². The van der Waals surface area contributed by atoms with E-state index in [2.05, 4.69) is 34.7 Å². The van der Waals surface area contributed by atoms with Gasteiger partial charge in [-0.2, -0.15) is 0 Å². The monoisotopic (exact) mass is 358 g/mol. The van der Waals surface area contributed by atoms with Crippen LogP contribution >= 0.6 is 0 Å². The predicted octanol–water partition coefficient (Wildman–Crippen LogP) is 2.04. The Labute approximate surface area is 156 Å². The van der Waals surface area contributed by atoms with Crippen molar-refractivity contribution in [2.75, 3.05) is 26.7 Å². The van der Waals surface area contributed by atoms with E-state index in [1.807, 2.05) is 17.0 Å². The third-order valence-electron chi connectivity index (χ3n) is 5.21. The van der Waals surface area contributed by atoms with Crippen LogP contribution in [0, 0.1) is 0 Å². The Kier molecular flexibility index (Phi) is 6.14. The van der Waals surface area contributed by atoms with Gasteiger partial charge in [-0.1, -0.05) is 24.3 Å². The molecule has 1 saturated heterocycles. The quantitative estimate of drug-likeness (QED) is 0.464. The number of hydrogen-bond acceptors (Lipinski definition) is 3. The maximum Gasteiger partial charge on any atom is 0.223 e. The summed E-state index contributed by atoms with van der Waals surface area (Å²) in [6.45, 7) is 5.93. The van der Waals surface area contributed by atoms with Crippen LogP contribution in [0.3, 0.4) is 0 Å². The van der Waals surface area contributed by atoms with Crippen molar-refractivity contribution in [1.29, 1.82) is 0 Å². The van der Waals surface area contributed by atoms with Gasteiger partial charge in [-0.15, -0.1) is 0 Å². The summed E-state index contributed by atoms with van der Waals surface area (Å²) in [5, 5.41) is 6.61. The van der Waals surface area contributed by atoms with E-state index in [0.717, 1.165) is 58.0 Å². The molecule has 6 heteroatoms. The number of carbonyl (C=O) groups excluding carboxylic acids is 1. The van der Waals surface area contributed by atoms with Crippen LogP contribution in [0.5, 0.6) is 0 Å². The van der Waals surface area contributed by atoms with Gasteiger partial charge in [-0.05, 0) is 37.3 Å². The molecule has 142 valence electrons. The second-order valence-corrected chi connectivity index (χ2v) is 7.38. The molecular weight excluding hydrogens is 328 g/mol. The van der Waals surface area contributed by atoms with Crippen molar-refractivity contribution in [3.63, 3.8) is 0 Å². The highest BCUT2D eigenvalue weighted by molar-refractivity contribution is 5.80. The van der Waals surface area contributed by atoms with Crippen molar-refractivity contribution in [2.45, 2.75) is 51.3 Å². The summed E-state index contributed by atoms with van der Waals surface area (Å²) in [5.41, 5.74) is 2.44. The molecule has 1 amide bonds. The number of amides is 1. The minimum absolute atomic E-state index is 0.0989. The van der Waals surface area contributed by atoms with Gasteiger partial charge in [0.25, 0.3) is 0 Å². The van der Waals surface area contributed by atoms with Crippen LogP contribution in [-0.4, -0.2) is 49.1 Å². The molecule has 2 aliphatic heterocycles. The molecule has 0 aliphatic carbocycles. The van der Waals surface area contributed by atoms with Gasteiger partial charge in [0.1, 0.15) is 0 Å². The Balaban J connectivity index is 1.34. The Hall–Kier alpha value is -2.08. The van der Waals surface area contributed by atoms with Crippen LogP contribution < -0.4 is 10.6 Å². The molecule has 0 radical (unpaired) electrons. The largest absolute Gasteiger partial charge is 0.373 e. The molecule has 1 fully saturated rings. The lowest BCUT2D eigenvalue weighted by atomic mass is 10.0. The number of nitrogens with zero attached hydrogens (tertiary/aromatic N) is 2.